The number of aromatic nitrogens is 2. The summed E-state index contributed by atoms with van der Waals surface area (Å²) in [5.74, 6) is 1.62. The van der Waals surface area contributed by atoms with E-state index in [-0.39, 0.29) is 6.10 Å². The van der Waals surface area contributed by atoms with Gasteiger partial charge in [0.05, 0.1) is 12.7 Å². The lowest BCUT2D eigenvalue weighted by Crippen LogP contribution is -2.24. The molecular weight excluding hydrogens is 292 g/mol. The minimum absolute atomic E-state index is 0.203. The van der Waals surface area contributed by atoms with E-state index in [0.29, 0.717) is 30.8 Å². The first-order chi connectivity index (χ1) is 11.2. The van der Waals surface area contributed by atoms with E-state index in [1.165, 1.54) is 12.0 Å². The van der Waals surface area contributed by atoms with Crippen molar-refractivity contribution in [2.24, 2.45) is 0 Å². The van der Waals surface area contributed by atoms with E-state index in [4.69, 9.17) is 14.0 Å². The van der Waals surface area contributed by atoms with E-state index >= 15 is 0 Å². The number of hydrogen-bond donors (Lipinski definition) is 0. The molecular formula is C18H24N2O3. The summed E-state index contributed by atoms with van der Waals surface area (Å²) in [5, 5.41) is 4.03. The number of ether oxygens (including phenoxy) is 2. The smallest absolute Gasteiger partial charge is 0.252 e. The van der Waals surface area contributed by atoms with Gasteiger partial charge in [0.1, 0.15) is 6.61 Å². The molecule has 0 amide bonds. The maximum absolute atomic E-state index is 5.64. The third kappa shape index (κ3) is 4.39. The van der Waals surface area contributed by atoms with Gasteiger partial charge < -0.3 is 14.0 Å². The molecule has 0 spiro atoms. The van der Waals surface area contributed by atoms with E-state index in [1.54, 1.807) is 0 Å². The number of benzene rings is 1. The van der Waals surface area contributed by atoms with Crippen molar-refractivity contribution in [3.8, 4) is 11.4 Å². The normalized spacial score (nSPS) is 18.5. The Hall–Kier alpha value is -1.72. The average molecular weight is 316 g/mol. The molecule has 0 radical (unpaired) electrons. The molecule has 1 aromatic carbocycles. The van der Waals surface area contributed by atoms with Crippen LogP contribution < -0.4 is 0 Å². The molecule has 1 saturated heterocycles. The molecule has 1 fully saturated rings. The highest BCUT2D eigenvalue weighted by atomic mass is 16.5. The average Bonchev–Trinajstić information content (AvgIpc) is 3.05. The predicted octanol–water partition coefficient (Wildman–Crippen LogP) is 3.95. The van der Waals surface area contributed by atoms with E-state index in [1.807, 2.05) is 12.1 Å². The Morgan fingerprint density at radius 1 is 1.22 bits per heavy atom. The summed E-state index contributed by atoms with van der Waals surface area (Å²) in [6.07, 6.45) is 3.64. The molecule has 2 heterocycles. The maximum Gasteiger partial charge on any atom is 0.252 e. The van der Waals surface area contributed by atoms with Crippen LogP contribution in [0.15, 0.2) is 28.8 Å². The van der Waals surface area contributed by atoms with Crippen molar-refractivity contribution in [2.75, 3.05) is 13.2 Å². The summed E-state index contributed by atoms with van der Waals surface area (Å²) < 4.78 is 16.5. The van der Waals surface area contributed by atoms with Crippen molar-refractivity contribution in [2.45, 2.75) is 51.7 Å². The van der Waals surface area contributed by atoms with Crippen LogP contribution in [0.4, 0.5) is 0 Å². The molecule has 0 saturated carbocycles. The van der Waals surface area contributed by atoms with Gasteiger partial charge in [-0.15, -0.1) is 0 Å². The summed E-state index contributed by atoms with van der Waals surface area (Å²) >= 11 is 0. The lowest BCUT2D eigenvalue weighted by atomic mass is 10.0. The number of rotatable bonds is 6. The Kier molecular flexibility index (Phi) is 5.41. The van der Waals surface area contributed by atoms with Crippen LogP contribution in [0.2, 0.25) is 0 Å². The van der Waals surface area contributed by atoms with Crippen LogP contribution in [0.1, 0.15) is 50.5 Å². The molecule has 0 aliphatic carbocycles. The zero-order valence-electron chi connectivity index (χ0n) is 13.8. The number of hydrogen-bond acceptors (Lipinski definition) is 5. The molecule has 5 nitrogen and oxygen atoms in total. The van der Waals surface area contributed by atoms with E-state index in [9.17, 15) is 0 Å². The largest absolute Gasteiger partial charge is 0.376 e. The van der Waals surface area contributed by atoms with E-state index in [0.717, 1.165) is 25.0 Å². The molecule has 0 N–H and O–H groups in total. The second-order valence-electron chi connectivity index (χ2n) is 6.29. The van der Waals surface area contributed by atoms with Crippen LogP contribution in [0, 0.1) is 0 Å². The minimum Gasteiger partial charge on any atom is -0.376 e. The highest BCUT2D eigenvalue weighted by molar-refractivity contribution is 5.54. The quantitative estimate of drug-likeness (QED) is 0.807. The molecule has 2 aromatic rings. The van der Waals surface area contributed by atoms with Crippen molar-refractivity contribution in [3.63, 3.8) is 0 Å². The Morgan fingerprint density at radius 3 is 2.74 bits per heavy atom. The van der Waals surface area contributed by atoms with Gasteiger partial charge in [-0.1, -0.05) is 43.3 Å². The van der Waals surface area contributed by atoms with Crippen molar-refractivity contribution in [1.29, 1.82) is 0 Å². The number of nitrogens with zero attached hydrogens (tertiary/aromatic N) is 2. The van der Waals surface area contributed by atoms with Crippen LogP contribution in [-0.2, 0) is 16.1 Å². The Labute approximate surface area is 137 Å². The van der Waals surface area contributed by atoms with Gasteiger partial charge in [-0.25, -0.2) is 0 Å². The second-order valence-corrected chi connectivity index (χ2v) is 6.29. The maximum atomic E-state index is 5.64. The van der Waals surface area contributed by atoms with Crippen LogP contribution in [0.5, 0.6) is 0 Å². The molecule has 1 atom stereocenters. The molecule has 1 unspecified atom stereocenters. The fraction of sp³-hybridized carbons (Fsp3) is 0.556. The van der Waals surface area contributed by atoms with E-state index in [2.05, 4.69) is 36.1 Å². The topological polar surface area (TPSA) is 57.4 Å². The van der Waals surface area contributed by atoms with E-state index < -0.39 is 0 Å². The highest BCUT2D eigenvalue weighted by Crippen LogP contribution is 2.21. The van der Waals surface area contributed by atoms with Gasteiger partial charge >= 0.3 is 0 Å². The van der Waals surface area contributed by atoms with Gasteiger partial charge in [-0.3, -0.25) is 0 Å². The van der Waals surface area contributed by atoms with Gasteiger partial charge in [0.15, 0.2) is 0 Å². The monoisotopic (exact) mass is 316 g/mol. The zero-order valence-corrected chi connectivity index (χ0v) is 13.8. The molecule has 124 valence electrons. The second kappa shape index (κ2) is 7.70. The van der Waals surface area contributed by atoms with Crippen LogP contribution in [0.25, 0.3) is 11.4 Å². The molecule has 1 aliphatic rings. The predicted molar refractivity (Wildman–Crippen MR) is 87.1 cm³/mol. The lowest BCUT2D eigenvalue weighted by molar-refractivity contribution is -0.0484. The zero-order chi connectivity index (χ0) is 16.1. The van der Waals surface area contributed by atoms with Crippen molar-refractivity contribution in [3.05, 3.63) is 35.7 Å². The third-order valence-electron chi connectivity index (χ3n) is 4.11. The summed E-state index contributed by atoms with van der Waals surface area (Å²) in [6, 6.07) is 8.27. The molecule has 5 heteroatoms. The lowest BCUT2D eigenvalue weighted by Gasteiger charge is -2.21. The molecule has 23 heavy (non-hydrogen) atoms. The Morgan fingerprint density at radius 2 is 2.04 bits per heavy atom. The highest BCUT2D eigenvalue weighted by Gasteiger charge is 2.15. The van der Waals surface area contributed by atoms with Gasteiger partial charge in [0.2, 0.25) is 5.82 Å². The molecule has 0 bridgehead atoms. The fourth-order valence-corrected chi connectivity index (χ4v) is 2.66. The van der Waals surface area contributed by atoms with Crippen molar-refractivity contribution >= 4 is 0 Å². The molecule has 3 rings (SSSR count). The fourth-order valence-electron chi connectivity index (χ4n) is 2.66. The van der Waals surface area contributed by atoms with Crippen LogP contribution in [-0.4, -0.2) is 29.5 Å². The third-order valence-corrected chi connectivity index (χ3v) is 4.11. The standard InChI is InChI=1S/C18H24N2O3/c1-13(2)14-6-8-15(9-7-14)18-19-17(23-20-18)12-21-11-16-5-3-4-10-22-16/h6-9,13,16H,3-5,10-12H2,1-2H3. The van der Waals surface area contributed by atoms with Gasteiger partial charge in [-0.2, -0.15) is 4.98 Å². The Balaban J connectivity index is 1.53. The van der Waals surface area contributed by atoms with Gasteiger partial charge in [0.25, 0.3) is 5.89 Å². The summed E-state index contributed by atoms with van der Waals surface area (Å²) in [4.78, 5) is 4.39. The first-order valence-corrected chi connectivity index (χ1v) is 8.34. The summed E-state index contributed by atoms with van der Waals surface area (Å²) in [6.45, 7) is 6.10. The van der Waals surface area contributed by atoms with Gasteiger partial charge in [0, 0.05) is 12.2 Å². The molecule has 1 aliphatic heterocycles. The molecule has 1 aromatic heterocycles. The first-order valence-electron chi connectivity index (χ1n) is 8.34. The summed E-state index contributed by atoms with van der Waals surface area (Å²) in [5.41, 5.74) is 2.26. The SMILES string of the molecule is CC(C)c1ccc(-c2noc(COCC3CCCCO3)n2)cc1. The van der Waals surface area contributed by atoms with Gasteiger partial charge in [-0.05, 0) is 30.7 Å². The van der Waals surface area contributed by atoms with Crippen molar-refractivity contribution in [1.82, 2.24) is 10.1 Å². The van der Waals surface area contributed by atoms with Crippen molar-refractivity contribution < 1.29 is 14.0 Å². The minimum atomic E-state index is 0.203. The summed E-state index contributed by atoms with van der Waals surface area (Å²) in [7, 11) is 0. The Bertz CT molecular complexity index is 601. The van der Waals surface area contributed by atoms with Crippen LogP contribution in [0.3, 0.4) is 0 Å². The van der Waals surface area contributed by atoms with Crippen LogP contribution >= 0.6 is 0 Å². The first kappa shape index (κ1) is 16.1.